The molecule has 2 aromatic carbocycles. The first-order valence-electron chi connectivity index (χ1n) is 8.49. The molecule has 0 amide bonds. The molecule has 1 N–H and O–H groups in total. The van der Waals surface area contributed by atoms with Gasteiger partial charge in [0.25, 0.3) is 0 Å². The minimum atomic E-state index is -0.521. The van der Waals surface area contributed by atoms with Crippen LogP contribution in [0.1, 0.15) is 18.6 Å². The SMILES string of the molecule is CC1CN(CC(O)COc2ccccc2)CC(c2ccccc2)O1. The molecule has 2 aromatic rings. The zero-order valence-corrected chi connectivity index (χ0v) is 14.0. The van der Waals surface area contributed by atoms with E-state index in [1.165, 1.54) is 5.56 Å². The fourth-order valence-corrected chi connectivity index (χ4v) is 3.10. The molecule has 4 nitrogen and oxygen atoms in total. The summed E-state index contributed by atoms with van der Waals surface area (Å²) >= 11 is 0. The maximum atomic E-state index is 10.3. The number of aliphatic hydroxyl groups is 1. The highest BCUT2D eigenvalue weighted by Gasteiger charge is 2.27. The Morgan fingerprint density at radius 1 is 1.08 bits per heavy atom. The lowest BCUT2D eigenvalue weighted by Gasteiger charge is -2.37. The van der Waals surface area contributed by atoms with Gasteiger partial charge in [-0.3, -0.25) is 4.90 Å². The van der Waals surface area contributed by atoms with Gasteiger partial charge >= 0.3 is 0 Å². The van der Waals surface area contributed by atoms with Crippen molar-refractivity contribution < 1.29 is 14.6 Å². The summed E-state index contributed by atoms with van der Waals surface area (Å²) in [4.78, 5) is 2.25. The molecule has 1 saturated heterocycles. The van der Waals surface area contributed by atoms with E-state index in [0.29, 0.717) is 13.2 Å². The molecule has 4 heteroatoms. The van der Waals surface area contributed by atoms with Gasteiger partial charge < -0.3 is 14.6 Å². The number of aliphatic hydroxyl groups excluding tert-OH is 1. The molecule has 0 spiro atoms. The molecule has 1 fully saturated rings. The van der Waals surface area contributed by atoms with E-state index >= 15 is 0 Å². The minimum absolute atomic E-state index is 0.0530. The molecule has 0 aromatic heterocycles. The summed E-state index contributed by atoms with van der Waals surface area (Å²) in [6.45, 7) is 4.58. The van der Waals surface area contributed by atoms with Crippen LogP contribution in [0.5, 0.6) is 5.75 Å². The van der Waals surface area contributed by atoms with Crippen molar-refractivity contribution in [1.29, 1.82) is 0 Å². The summed E-state index contributed by atoms with van der Waals surface area (Å²) in [6, 6.07) is 19.9. The molecule has 1 aliphatic heterocycles. The van der Waals surface area contributed by atoms with Gasteiger partial charge in [-0.2, -0.15) is 0 Å². The van der Waals surface area contributed by atoms with E-state index in [4.69, 9.17) is 9.47 Å². The summed E-state index contributed by atoms with van der Waals surface area (Å²) < 4.78 is 11.7. The van der Waals surface area contributed by atoms with E-state index < -0.39 is 6.10 Å². The lowest BCUT2D eigenvalue weighted by molar-refractivity contribution is -0.0886. The second kappa shape index (κ2) is 8.29. The van der Waals surface area contributed by atoms with Crippen LogP contribution in [-0.2, 0) is 4.74 Å². The van der Waals surface area contributed by atoms with Gasteiger partial charge in [0.15, 0.2) is 0 Å². The zero-order chi connectivity index (χ0) is 16.8. The Hall–Kier alpha value is -1.88. The van der Waals surface area contributed by atoms with Gasteiger partial charge in [-0.05, 0) is 24.6 Å². The highest BCUT2D eigenvalue weighted by molar-refractivity contribution is 5.21. The Kier molecular flexibility index (Phi) is 5.86. The largest absolute Gasteiger partial charge is 0.491 e. The first-order chi connectivity index (χ1) is 11.7. The Morgan fingerprint density at radius 3 is 2.46 bits per heavy atom. The molecule has 1 heterocycles. The lowest BCUT2D eigenvalue weighted by atomic mass is 10.1. The van der Waals surface area contributed by atoms with Gasteiger partial charge in [0.2, 0.25) is 0 Å². The number of nitrogens with zero attached hydrogens (tertiary/aromatic N) is 1. The first kappa shape index (κ1) is 17.0. The number of ether oxygens (including phenoxy) is 2. The number of para-hydroxylation sites is 1. The van der Waals surface area contributed by atoms with Crippen LogP contribution in [0.25, 0.3) is 0 Å². The molecule has 128 valence electrons. The molecule has 0 bridgehead atoms. The third-order valence-corrected chi connectivity index (χ3v) is 4.16. The van der Waals surface area contributed by atoms with Crippen LogP contribution in [0.4, 0.5) is 0 Å². The Labute approximate surface area is 143 Å². The van der Waals surface area contributed by atoms with Crippen LogP contribution >= 0.6 is 0 Å². The minimum Gasteiger partial charge on any atom is -0.491 e. The zero-order valence-electron chi connectivity index (χ0n) is 14.0. The third kappa shape index (κ3) is 4.81. The normalized spacial score (nSPS) is 22.9. The first-order valence-corrected chi connectivity index (χ1v) is 8.49. The number of hydrogen-bond donors (Lipinski definition) is 1. The van der Waals surface area contributed by atoms with Crippen molar-refractivity contribution in [3.05, 3.63) is 66.2 Å². The summed E-state index contributed by atoms with van der Waals surface area (Å²) in [5.41, 5.74) is 1.18. The Morgan fingerprint density at radius 2 is 1.75 bits per heavy atom. The van der Waals surface area contributed by atoms with Crippen LogP contribution in [0, 0.1) is 0 Å². The molecule has 0 aliphatic carbocycles. The Balaban J connectivity index is 1.52. The third-order valence-electron chi connectivity index (χ3n) is 4.16. The number of rotatable bonds is 6. The van der Waals surface area contributed by atoms with Crippen LogP contribution < -0.4 is 4.74 Å². The van der Waals surface area contributed by atoms with Crippen LogP contribution in [-0.4, -0.2) is 48.5 Å². The summed E-state index contributed by atoms with van der Waals surface area (Å²) in [5, 5.41) is 10.3. The van der Waals surface area contributed by atoms with Gasteiger partial charge in [-0.25, -0.2) is 0 Å². The molecule has 0 radical (unpaired) electrons. The molecule has 3 unspecified atom stereocenters. The smallest absolute Gasteiger partial charge is 0.119 e. The highest BCUT2D eigenvalue weighted by Crippen LogP contribution is 2.25. The van der Waals surface area contributed by atoms with Crippen molar-refractivity contribution >= 4 is 0 Å². The predicted molar refractivity (Wildman–Crippen MR) is 94.1 cm³/mol. The average Bonchev–Trinajstić information content (AvgIpc) is 2.61. The monoisotopic (exact) mass is 327 g/mol. The molecular weight excluding hydrogens is 302 g/mol. The highest BCUT2D eigenvalue weighted by atomic mass is 16.5. The number of morpholine rings is 1. The van der Waals surface area contributed by atoms with E-state index in [9.17, 15) is 5.11 Å². The van der Waals surface area contributed by atoms with Crippen LogP contribution in [0.15, 0.2) is 60.7 Å². The number of benzene rings is 2. The molecule has 3 rings (SSSR count). The predicted octanol–water partition coefficient (Wildman–Crippen LogP) is 2.89. The average molecular weight is 327 g/mol. The maximum Gasteiger partial charge on any atom is 0.119 e. The Bertz CT molecular complexity index is 605. The molecule has 24 heavy (non-hydrogen) atoms. The fraction of sp³-hybridized carbons (Fsp3) is 0.400. The van der Waals surface area contributed by atoms with E-state index in [-0.39, 0.29) is 12.2 Å². The van der Waals surface area contributed by atoms with Gasteiger partial charge in [-0.1, -0.05) is 48.5 Å². The van der Waals surface area contributed by atoms with Gasteiger partial charge in [0, 0.05) is 19.6 Å². The fourth-order valence-electron chi connectivity index (χ4n) is 3.10. The second-order valence-corrected chi connectivity index (χ2v) is 6.34. The van der Waals surface area contributed by atoms with Crippen molar-refractivity contribution in [3.63, 3.8) is 0 Å². The van der Waals surface area contributed by atoms with Gasteiger partial charge in [0.1, 0.15) is 18.5 Å². The van der Waals surface area contributed by atoms with E-state index in [0.717, 1.165) is 18.8 Å². The van der Waals surface area contributed by atoms with Gasteiger partial charge in [-0.15, -0.1) is 0 Å². The maximum absolute atomic E-state index is 10.3. The van der Waals surface area contributed by atoms with E-state index in [1.807, 2.05) is 48.5 Å². The van der Waals surface area contributed by atoms with Crippen molar-refractivity contribution in [2.45, 2.75) is 25.2 Å². The van der Waals surface area contributed by atoms with Gasteiger partial charge in [0.05, 0.1) is 12.2 Å². The quantitative estimate of drug-likeness (QED) is 0.886. The van der Waals surface area contributed by atoms with E-state index in [2.05, 4.69) is 24.0 Å². The molecule has 3 atom stereocenters. The van der Waals surface area contributed by atoms with Crippen LogP contribution in [0.3, 0.4) is 0 Å². The van der Waals surface area contributed by atoms with Crippen LogP contribution in [0.2, 0.25) is 0 Å². The van der Waals surface area contributed by atoms with Crippen molar-refractivity contribution in [1.82, 2.24) is 4.90 Å². The summed E-state index contributed by atoms with van der Waals surface area (Å²) in [7, 11) is 0. The topological polar surface area (TPSA) is 41.9 Å². The standard InChI is InChI=1S/C20H25NO3/c1-16-12-21(14-20(24-16)17-8-4-2-5-9-17)13-18(22)15-23-19-10-6-3-7-11-19/h2-11,16,18,20,22H,12-15H2,1H3. The molecule has 0 saturated carbocycles. The van der Waals surface area contributed by atoms with Crippen molar-refractivity contribution in [2.75, 3.05) is 26.2 Å². The summed E-state index contributed by atoms with van der Waals surface area (Å²) in [6.07, 6.45) is -0.324. The summed E-state index contributed by atoms with van der Waals surface area (Å²) in [5.74, 6) is 0.786. The van der Waals surface area contributed by atoms with Crippen molar-refractivity contribution in [3.8, 4) is 5.75 Å². The second-order valence-electron chi connectivity index (χ2n) is 6.34. The molecule has 1 aliphatic rings. The lowest BCUT2D eigenvalue weighted by Crippen LogP contribution is -2.46. The molecular formula is C20H25NO3. The van der Waals surface area contributed by atoms with Crippen molar-refractivity contribution in [2.24, 2.45) is 0 Å². The van der Waals surface area contributed by atoms with E-state index in [1.54, 1.807) is 0 Å². The number of β-amino-alcohol motifs (C(OH)–C–C–N with tert-alkyl or cyclic N) is 1. The number of hydrogen-bond acceptors (Lipinski definition) is 4.